The van der Waals surface area contributed by atoms with Crippen LogP contribution in [0.1, 0.15) is 40.6 Å². The first kappa shape index (κ1) is 11.8. The number of fused-ring (bicyclic) bond motifs is 1. The van der Waals surface area contributed by atoms with Crippen LogP contribution in [0, 0.1) is 0 Å². The number of anilines is 1. The molecule has 0 saturated heterocycles. The second-order valence-electron chi connectivity index (χ2n) is 4.80. The van der Waals surface area contributed by atoms with Crippen LogP contribution in [-0.2, 0) is 6.42 Å². The van der Waals surface area contributed by atoms with E-state index in [0.29, 0.717) is 11.3 Å². The third-order valence-electron chi connectivity index (χ3n) is 3.56. The van der Waals surface area contributed by atoms with Gasteiger partial charge in [0.05, 0.1) is 17.9 Å². The lowest BCUT2D eigenvalue weighted by Gasteiger charge is -2.23. The minimum Gasteiger partial charge on any atom is -0.469 e. The van der Waals surface area contributed by atoms with E-state index >= 15 is 0 Å². The molecule has 19 heavy (non-hydrogen) atoms. The fourth-order valence-corrected chi connectivity index (χ4v) is 2.58. The molecule has 1 aliphatic carbocycles. The Balaban J connectivity index is 1.80. The number of carbonyl (C=O) groups is 1. The first-order chi connectivity index (χ1) is 9.25. The summed E-state index contributed by atoms with van der Waals surface area (Å²) in [6, 6.07) is 9.07. The summed E-state index contributed by atoms with van der Waals surface area (Å²) in [4.78, 5) is 12.2. The molecule has 0 fully saturated rings. The van der Waals surface area contributed by atoms with E-state index in [1.807, 2.05) is 18.2 Å². The molecule has 1 heterocycles. The fraction of sp³-hybridized carbons (Fsp3) is 0.267. The third-order valence-corrected chi connectivity index (χ3v) is 3.56. The zero-order valence-electron chi connectivity index (χ0n) is 10.6. The van der Waals surface area contributed by atoms with Crippen LogP contribution >= 0.6 is 0 Å². The van der Waals surface area contributed by atoms with E-state index in [1.165, 1.54) is 0 Å². The summed E-state index contributed by atoms with van der Waals surface area (Å²) in [7, 11) is 0. The van der Waals surface area contributed by atoms with Crippen LogP contribution in [0.2, 0.25) is 0 Å². The number of benzene rings is 1. The first-order valence-electron chi connectivity index (χ1n) is 6.47. The highest BCUT2D eigenvalue weighted by molar-refractivity contribution is 5.99. The number of furan rings is 1. The van der Waals surface area contributed by atoms with Crippen LogP contribution in [0.5, 0.6) is 0 Å². The van der Waals surface area contributed by atoms with Crippen molar-refractivity contribution in [1.29, 1.82) is 0 Å². The molecule has 0 radical (unpaired) electrons. The zero-order chi connectivity index (χ0) is 13.2. The van der Waals surface area contributed by atoms with Crippen molar-refractivity contribution in [2.45, 2.75) is 25.3 Å². The van der Waals surface area contributed by atoms with Crippen molar-refractivity contribution >= 4 is 11.6 Å². The smallest absolute Gasteiger partial charge is 0.253 e. The zero-order valence-corrected chi connectivity index (χ0v) is 10.6. The highest BCUT2D eigenvalue weighted by Crippen LogP contribution is 2.30. The molecule has 0 aliphatic heterocycles. The predicted octanol–water partition coefficient (Wildman–Crippen LogP) is 2.67. The molecular formula is C15H16N2O2. The van der Waals surface area contributed by atoms with E-state index in [-0.39, 0.29) is 11.9 Å². The SMILES string of the molecule is Nc1ccccc1C(=O)NC1CCCc2occc21. The lowest BCUT2D eigenvalue weighted by Crippen LogP contribution is -2.30. The molecule has 1 unspecified atom stereocenters. The molecule has 1 aromatic carbocycles. The molecule has 2 aromatic rings. The highest BCUT2D eigenvalue weighted by Gasteiger charge is 2.24. The Hall–Kier alpha value is -2.23. The number of hydrogen-bond donors (Lipinski definition) is 2. The minimum atomic E-state index is -0.128. The normalized spacial score (nSPS) is 17.8. The second kappa shape index (κ2) is 4.80. The number of amides is 1. The standard InChI is InChI=1S/C15H16N2O2/c16-12-5-2-1-4-10(12)15(18)17-13-6-3-7-14-11(13)8-9-19-14/h1-2,4-5,8-9,13H,3,6-7,16H2,(H,17,18). The first-order valence-corrected chi connectivity index (χ1v) is 6.47. The molecule has 4 nitrogen and oxygen atoms in total. The molecule has 1 aromatic heterocycles. The van der Waals surface area contributed by atoms with Gasteiger partial charge in [-0.3, -0.25) is 4.79 Å². The van der Waals surface area contributed by atoms with Gasteiger partial charge in [-0.2, -0.15) is 0 Å². The Kier molecular flexibility index (Phi) is 2.99. The van der Waals surface area contributed by atoms with Gasteiger partial charge in [0.2, 0.25) is 0 Å². The molecule has 98 valence electrons. The van der Waals surface area contributed by atoms with E-state index in [9.17, 15) is 4.79 Å². The highest BCUT2D eigenvalue weighted by atomic mass is 16.3. The molecule has 0 spiro atoms. The number of hydrogen-bond acceptors (Lipinski definition) is 3. The summed E-state index contributed by atoms with van der Waals surface area (Å²) in [6.07, 6.45) is 4.59. The summed E-state index contributed by atoms with van der Waals surface area (Å²) in [5.41, 5.74) is 7.94. The van der Waals surface area contributed by atoms with Gasteiger partial charge in [0.25, 0.3) is 5.91 Å². The van der Waals surface area contributed by atoms with E-state index < -0.39 is 0 Å². The van der Waals surface area contributed by atoms with Gasteiger partial charge in [0.1, 0.15) is 5.76 Å². The average molecular weight is 256 g/mol. The molecule has 3 N–H and O–H groups in total. The number of carbonyl (C=O) groups excluding carboxylic acids is 1. The summed E-state index contributed by atoms with van der Waals surface area (Å²) < 4.78 is 5.42. The molecule has 1 aliphatic rings. The molecule has 0 saturated carbocycles. The van der Waals surface area contributed by atoms with Gasteiger partial charge in [-0.25, -0.2) is 0 Å². The van der Waals surface area contributed by atoms with Crippen molar-refractivity contribution in [3.63, 3.8) is 0 Å². The van der Waals surface area contributed by atoms with Crippen LogP contribution in [0.4, 0.5) is 5.69 Å². The largest absolute Gasteiger partial charge is 0.469 e. The Morgan fingerprint density at radius 3 is 3.00 bits per heavy atom. The maximum Gasteiger partial charge on any atom is 0.253 e. The molecule has 3 rings (SSSR count). The van der Waals surface area contributed by atoms with Gasteiger partial charge >= 0.3 is 0 Å². The number of nitrogens with one attached hydrogen (secondary N) is 1. The van der Waals surface area contributed by atoms with E-state index in [0.717, 1.165) is 30.6 Å². The number of para-hydroxylation sites is 1. The third kappa shape index (κ3) is 2.21. The van der Waals surface area contributed by atoms with Crippen LogP contribution in [-0.4, -0.2) is 5.91 Å². The van der Waals surface area contributed by atoms with Crippen molar-refractivity contribution in [3.8, 4) is 0 Å². The topological polar surface area (TPSA) is 68.3 Å². The van der Waals surface area contributed by atoms with Crippen LogP contribution in [0.3, 0.4) is 0 Å². The molecule has 1 amide bonds. The Labute approximate surface area is 111 Å². The molecule has 4 heteroatoms. The summed E-state index contributed by atoms with van der Waals surface area (Å²) in [6.45, 7) is 0. The summed E-state index contributed by atoms with van der Waals surface area (Å²) in [5.74, 6) is 0.856. The van der Waals surface area contributed by atoms with E-state index in [1.54, 1.807) is 18.4 Å². The maximum absolute atomic E-state index is 12.2. The van der Waals surface area contributed by atoms with Gasteiger partial charge in [0.15, 0.2) is 0 Å². The van der Waals surface area contributed by atoms with Gasteiger partial charge in [-0.15, -0.1) is 0 Å². The molecule has 1 atom stereocenters. The van der Waals surface area contributed by atoms with Gasteiger partial charge in [0, 0.05) is 17.7 Å². The fourth-order valence-electron chi connectivity index (χ4n) is 2.58. The second-order valence-corrected chi connectivity index (χ2v) is 4.80. The predicted molar refractivity (Wildman–Crippen MR) is 72.7 cm³/mol. The van der Waals surface area contributed by atoms with E-state index in [2.05, 4.69) is 5.32 Å². The van der Waals surface area contributed by atoms with Crippen molar-refractivity contribution in [3.05, 3.63) is 53.5 Å². The van der Waals surface area contributed by atoms with Gasteiger partial charge in [-0.1, -0.05) is 12.1 Å². The minimum absolute atomic E-state index is 0.0228. The van der Waals surface area contributed by atoms with Crippen LogP contribution in [0.25, 0.3) is 0 Å². The van der Waals surface area contributed by atoms with Crippen molar-refractivity contribution in [1.82, 2.24) is 5.32 Å². The maximum atomic E-state index is 12.2. The monoisotopic (exact) mass is 256 g/mol. The van der Waals surface area contributed by atoms with Crippen molar-refractivity contribution in [2.24, 2.45) is 0 Å². The molecular weight excluding hydrogens is 240 g/mol. The van der Waals surface area contributed by atoms with Crippen LogP contribution in [0.15, 0.2) is 41.0 Å². The van der Waals surface area contributed by atoms with Crippen LogP contribution < -0.4 is 11.1 Å². The summed E-state index contributed by atoms with van der Waals surface area (Å²) >= 11 is 0. The Morgan fingerprint density at radius 1 is 1.32 bits per heavy atom. The number of nitrogen functional groups attached to an aromatic ring is 1. The van der Waals surface area contributed by atoms with Crippen molar-refractivity contribution < 1.29 is 9.21 Å². The van der Waals surface area contributed by atoms with Gasteiger partial charge < -0.3 is 15.5 Å². The number of rotatable bonds is 2. The Morgan fingerprint density at radius 2 is 2.16 bits per heavy atom. The summed E-state index contributed by atoms with van der Waals surface area (Å²) in [5, 5.41) is 3.04. The molecule has 0 bridgehead atoms. The lowest BCUT2D eigenvalue weighted by molar-refractivity contribution is 0.0933. The van der Waals surface area contributed by atoms with Crippen molar-refractivity contribution in [2.75, 3.05) is 5.73 Å². The van der Waals surface area contributed by atoms with E-state index in [4.69, 9.17) is 10.2 Å². The quantitative estimate of drug-likeness (QED) is 0.812. The lowest BCUT2D eigenvalue weighted by atomic mass is 9.93. The Bertz CT molecular complexity index is 604. The number of nitrogens with two attached hydrogens (primary N) is 1. The average Bonchev–Trinajstić information content (AvgIpc) is 2.88. The number of aryl methyl sites for hydroxylation is 1. The van der Waals surface area contributed by atoms with Gasteiger partial charge in [-0.05, 0) is 31.0 Å².